The standard InChI is InChI=1S/C27H29N3/c1-22-12-11-19-30(21-22)26(20-28-24-15-7-3-8-16-24)27(23-13-5-2-6-14-23)29-25-17-9-4-10-18-25/h2-10,13-18,20,22,29H,11-12,19,21H2,1H3/b27-26-,28-20?. The van der Waals surface area contributed by atoms with Crippen molar-refractivity contribution in [1.82, 2.24) is 4.90 Å². The van der Waals surface area contributed by atoms with Crippen LogP contribution in [0.5, 0.6) is 0 Å². The molecule has 0 aromatic heterocycles. The molecule has 1 atom stereocenters. The lowest BCUT2D eigenvalue weighted by Crippen LogP contribution is -2.35. The van der Waals surface area contributed by atoms with Gasteiger partial charge in [-0.1, -0.05) is 73.7 Å². The average molecular weight is 396 g/mol. The van der Waals surface area contributed by atoms with Crippen LogP contribution in [0, 0.1) is 5.92 Å². The number of piperidine rings is 1. The fourth-order valence-corrected chi connectivity index (χ4v) is 3.92. The molecule has 0 bridgehead atoms. The molecule has 1 saturated heterocycles. The van der Waals surface area contributed by atoms with Gasteiger partial charge in [0, 0.05) is 24.3 Å². The number of benzene rings is 3. The molecule has 0 spiro atoms. The van der Waals surface area contributed by atoms with E-state index >= 15 is 0 Å². The average Bonchev–Trinajstić information content (AvgIpc) is 2.80. The second-order valence-corrected chi connectivity index (χ2v) is 7.90. The van der Waals surface area contributed by atoms with Gasteiger partial charge in [-0.3, -0.25) is 4.99 Å². The molecule has 1 unspecified atom stereocenters. The third-order valence-electron chi connectivity index (χ3n) is 5.45. The predicted molar refractivity (Wildman–Crippen MR) is 128 cm³/mol. The van der Waals surface area contributed by atoms with Gasteiger partial charge in [0.1, 0.15) is 0 Å². The van der Waals surface area contributed by atoms with Crippen molar-refractivity contribution in [2.24, 2.45) is 10.9 Å². The van der Waals surface area contributed by atoms with Crippen LogP contribution in [0.2, 0.25) is 0 Å². The Labute approximate surface area is 179 Å². The summed E-state index contributed by atoms with van der Waals surface area (Å²) in [6.45, 7) is 4.43. The molecule has 1 aliphatic rings. The van der Waals surface area contributed by atoms with Crippen LogP contribution in [0.3, 0.4) is 0 Å². The quantitative estimate of drug-likeness (QED) is 0.476. The third kappa shape index (κ3) is 5.18. The van der Waals surface area contributed by atoms with Crippen LogP contribution >= 0.6 is 0 Å². The summed E-state index contributed by atoms with van der Waals surface area (Å²) in [5.41, 5.74) is 5.43. The summed E-state index contributed by atoms with van der Waals surface area (Å²) in [4.78, 5) is 7.32. The number of anilines is 1. The summed E-state index contributed by atoms with van der Waals surface area (Å²) in [6, 6.07) is 31.1. The maximum absolute atomic E-state index is 4.83. The Hall–Kier alpha value is -3.33. The van der Waals surface area contributed by atoms with E-state index in [4.69, 9.17) is 4.99 Å². The van der Waals surface area contributed by atoms with Crippen LogP contribution in [0.1, 0.15) is 25.3 Å². The molecular formula is C27H29N3. The van der Waals surface area contributed by atoms with Gasteiger partial charge in [0.2, 0.25) is 0 Å². The van der Waals surface area contributed by atoms with E-state index in [2.05, 4.69) is 71.7 Å². The number of aliphatic imine (C=N–C) groups is 1. The summed E-state index contributed by atoms with van der Waals surface area (Å²) in [5, 5.41) is 3.69. The molecule has 30 heavy (non-hydrogen) atoms. The smallest absolute Gasteiger partial charge is 0.0797 e. The molecular weight excluding hydrogens is 366 g/mol. The minimum atomic E-state index is 0.674. The molecule has 1 aliphatic heterocycles. The van der Waals surface area contributed by atoms with Crippen LogP contribution in [0.4, 0.5) is 11.4 Å². The first kappa shape index (κ1) is 20.0. The minimum absolute atomic E-state index is 0.674. The number of nitrogens with zero attached hydrogens (tertiary/aromatic N) is 2. The molecule has 0 saturated carbocycles. The van der Waals surface area contributed by atoms with Crippen LogP contribution in [0.25, 0.3) is 5.70 Å². The largest absolute Gasteiger partial charge is 0.368 e. The van der Waals surface area contributed by atoms with E-state index in [1.54, 1.807) is 0 Å². The molecule has 1 fully saturated rings. The van der Waals surface area contributed by atoms with E-state index < -0.39 is 0 Å². The Balaban J connectivity index is 1.81. The summed E-state index contributed by atoms with van der Waals surface area (Å²) in [7, 11) is 0. The van der Waals surface area contributed by atoms with Gasteiger partial charge in [-0.25, -0.2) is 0 Å². The topological polar surface area (TPSA) is 27.6 Å². The van der Waals surface area contributed by atoms with E-state index in [1.807, 2.05) is 42.6 Å². The number of para-hydroxylation sites is 2. The highest BCUT2D eigenvalue weighted by molar-refractivity contribution is 5.95. The third-order valence-corrected chi connectivity index (χ3v) is 5.45. The fourth-order valence-electron chi connectivity index (χ4n) is 3.92. The lowest BCUT2D eigenvalue weighted by atomic mass is 9.99. The molecule has 1 N–H and O–H groups in total. The van der Waals surface area contributed by atoms with E-state index in [9.17, 15) is 0 Å². The Morgan fingerprint density at radius 2 is 1.53 bits per heavy atom. The number of nitrogens with one attached hydrogen (secondary N) is 1. The summed E-state index contributed by atoms with van der Waals surface area (Å²) >= 11 is 0. The Bertz CT molecular complexity index is 978. The first-order valence-corrected chi connectivity index (χ1v) is 10.8. The Kier molecular flexibility index (Phi) is 6.61. The molecule has 0 radical (unpaired) electrons. The zero-order valence-corrected chi connectivity index (χ0v) is 17.5. The highest BCUT2D eigenvalue weighted by Crippen LogP contribution is 2.27. The van der Waals surface area contributed by atoms with Crippen molar-refractivity contribution in [3.8, 4) is 0 Å². The van der Waals surface area contributed by atoms with Gasteiger partial charge in [0.05, 0.1) is 23.3 Å². The van der Waals surface area contributed by atoms with Crippen molar-refractivity contribution in [3.05, 3.63) is 102 Å². The first-order chi connectivity index (χ1) is 14.8. The van der Waals surface area contributed by atoms with Gasteiger partial charge in [0.25, 0.3) is 0 Å². The first-order valence-electron chi connectivity index (χ1n) is 10.8. The second kappa shape index (κ2) is 9.93. The molecule has 3 aromatic rings. The van der Waals surface area contributed by atoms with E-state index in [1.165, 1.54) is 12.8 Å². The predicted octanol–water partition coefficient (Wildman–Crippen LogP) is 6.60. The van der Waals surface area contributed by atoms with E-state index in [0.717, 1.165) is 41.4 Å². The fraction of sp³-hybridized carbons (Fsp3) is 0.222. The number of allylic oxidation sites excluding steroid dienone is 1. The lowest BCUT2D eigenvalue weighted by molar-refractivity contribution is 0.240. The van der Waals surface area contributed by atoms with E-state index in [-0.39, 0.29) is 0 Å². The summed E-state index contributed by atoms with van der Waals surface area (Å²) in [5.74, 6) is 0.674. The van der Waals surface area contributed by atoms with Crippen molar-refractivity contribution in [2.45, 2.75) is 19.8 Å². The van der Waals surface area contributed by atoms with Gasteiger partial charge in [-0.05, 0) is 43.0 Å². The lowest BCUT2D eigenvalue weighted by Gasteiger charge is -2.35. The SMILES string of the molecule is CC1CCCN(/C(C=Nc2ccccc2)=C(\Nc2ccccc2)c2ccccc2)C1. The van der Waals surface area contributed by atoms with Crippen molar-refractivity contribution < 1.29 is 0 Å². The van der Waals surface area contributed by atoms with Crippen LogP contribution in [-0.2, 0) is 0 Å². The highest BCUT2D eigenvalue weighted by atomic mass is 15.2. The van der Waals surface area contributed by atoms with Gasteiger partial charge in [-0.15, -0.1) is 0 Å². The van der Waals surface area contributed by atoms with Crippen molar-refractivity contribution in [2.75, 3.05) is 18.4 Å². The Morgan fingerprint density at radius 3 is 2.20 bits per heavy atom. The monoisotopic (exact) mass is 395 g/mol. The summed E-state index contributed by atoms with van der Waals surface area (Å²) < 4.78 is 0. The molecule has 0 aliphatic carbocycles. The van der Waals surface area contributed by atoms with E-state index in [0.29, 0.717) is 5.92 Å². The van der Waals surface area contributed by atoms with Gasteiger partial charge >= 0.3 is 0 Å². The maximum atomic E-state index is 4.83. The molecule has 4 rings (SSSR count). The molecule has 0 amide bonds. The normalized spacial score (nSPS) is 17.6. The highest BCUT2D eigenvalue weighted by Gasteiger charge is 2.21. The van der Waals surface area contributed by atoms with Crippen molar-refractivity contribution in [3.63, 3.8) is 0 Å². The minimum Gasteiger partial charge on any atom is -0.368 e. The van der Waals surface area contributed by atoms with Crippen LogP contribution < -0.4 is 5.32 Å². The van der Waals surface area contributed by atoms with Crippen LogP contribution in [-0.4, -0.2) is 24.2 Å². The molecule has 152 valence electrons. The van der Waals surface area contributed by atoms with Crippen LogP contribution in [0.15, 0.2) is 102 Å². The summed E-state index contributed by atoms with van der Waals surface area (Å²) in [6.07, 6.45) is 4.52. The number of hydrogen-bond donors (Lipinski definition) is 1. The maximum Gasteiger partial charge on any atom is 0.0797 e. The molecule has 1 heterocycles. The van der Waals surface area contributed by atoms with Gasteiger partial charge in [0.15, 0.2) is 0 Å². The van der Waals surface area contributed by atoms with Crippen molar-refractivity contribution >= 4 is 23.3 Å². The second-order valence-electron chi connectivity index (χ2n) is 7.90. The number of hydrogen-bond acceptors (Lipinski definition) is 3. The molecule has 3 nitrogen and oxygen atoms in total. The van der Waals surface area contributed by atoms with Crippen molar-refractivity contribution in [1.29, 1.82) is 0 Å². The van der Waals surface area contributed by atoms with Gasteiger partial charge < -0.3 is 10.2 Å². The molecule has 3 aromatic carbocycles. The zero-order valence-electron chi connectivity index (χ0n) is 17.5. The molecule has 3 heteroatoms. The number of likely N-dealkylation sites (tertiary alicyclic amines) is 1. The number of rotatable bonds is 6. The zero-order chi connectivity index (χ0) is 20.6. The van der Waals surface area contributed by atoms with Gasteiger partial charge in [-0.2, -0.15) is 0 Å². The Morgan fingerprint density at radius 1 is 0.900 bits per heavy atom.